The number of esters is 1. The van der Waals surface area contributed by atoms with Crippen LogP contribution in [0.2, 0.25) is 0 Å². The van der Waals surface area contributed by atoms with Crippen molar-refractivity contribution in [2.45, 2.75) is 64.7 Å². The molecule has 0 saturated carbocycles. The quantitative estimate of drug-likeness (QED) is 0.497. The molecule has 0 fully saturated rings. The number of halogens is 3. The summed E-state index contributed by atoms with van der Waals surface area (Å²) in [6.07, 6.45) is -2.77. The van der Waals surface area contributed by atoms with Gasteiger partial charge in [-0.25, -0.2) is 0 Å². The normalized spacial score (nSPS) is 15.0. The second-order valence-corrected chi connectivity index (χ2v) is 5.48. The van der Waals surface area contributed by atoms with Crippen LogP contribution in [0.25, 0.3) is 0 Å². The van der Waals surface area contributed by atoms with Crippen LogP contribution in [0.4, 0.5) is 13.2 Å². The van der Waals surface area contributed by atoms with Gasteiger partial charge in [0.1, 0.15) is 12.1 Å². The Kier molecular flexibility index (Phi) is 8.89. The van der Waals surface area contributed by atoms with E-state index in [0.29, 0.717) is 25.9 Å². The van der Waals surface area contributed by atoms with Crippen molar-refractivity contribution >= 4 is 5.97 Å². The van der Waals surface area contributed by atoms with Gasteiger partial charge in [-0.2, -0.15) is 13.2 Å². The number of carbonyl (C=O) groups is 1. The van der Waals surface area contributed by atoms with E-state index in [2.05, 4.69) is 10.1 Å². The molecule has 0 bridgehead atoms. The highest BCUT2D eigenvalue weighted by atomic mass is 19.4. The maximum absolute atomic E-state index is 12.0. The molecule has 1 atom stereocenters. The molecule has 0 aromatic carbocycles. The maximum atomic E-state index is 12.0. The van der Waals surface area contributed by atoms with Gasteiger partial charge < -0.3 is 9.47 Å². The summed E-state index contributed by atoms with van der Waals surface area (Å²) in [6, 6.07) is 0.0980. The standard InChI is InChI=1S/C14H26F3NO3/c1-5-21-12(19)13(4,18-11(2)3)8-6-7-9-20-10-14(15,16)17/h11,18H,5-10H2,1-4H3. The van der Waals surface area contributed by atoms with Gasteiger partial charge in [-0.05, 0) is 47.0 Å². The first kappa shape index (κ1) is 20.2. The fourth-order valence-electron chi connectivity index (χ4n) is 2.03. The number of carbonyl (C=O) groups excluding carboxylic acids is 1. The number of hydrogen-bond acceptors (Lipinski definition) is 4. The lowest BCUT2D eigenvalue weighted by atomic mass is 9.94. The second-order valence-electron chi connectivity index (χ2n) is 5.48. The lowest BCUT2D eigenvalue weighted by Crippen LogP contribution is -2.53. The number of unbranched alkanes of at least 4 members (excludes halogenated alkanes) is 1. The van der Waals surface area contributed by atoms with Crippen LogP contribution in [-0.4, -0.2) is 43.5 Å². The number of hydrogen-bond donors (Lipinski definition) is 1. The molecule has 0 spiro atoms. The molecule has 0 heterocycles. The third-order valence-corrected chi connectivity index (χ3v) is 2.81. The van der Waals surface area contributed by atoms with Crippen molar-refractivity contribution in [3.63, 3.8) is 0 Å². The van der Waals surface area contributed by atoms with Crippen molar-refractivity contribution in [3.8, 4) is 0 Å². The van der Waals surface area contributed by atoms with Crippen LogP contribution in [0.3, 0.4) is 0 Å². The van der Waals surface area contributed by atoms with Gasteiger partial charge in [-0.15, -0.1) is 0 Å². The van der Waals surface area contributed by atoms with Crippen LogP contribution < -0.4 is 5.32 Å². The van der Waals surface area contributed by atoms with Crippen molar-refractivity contribution in [3.05, 3.63) is 0 Å². The van der Waals surface area contributed by atoms with Gasteiger partial charge in [0.25, 0.3) is 0 Å². The van der Waals surface area contributed by atoms with Gasteiger partial charge in [-0.3, -0.25) is 10.1 Å². The van der Waals surface area contributed by atoms with Crippen LogP contribution in [0.15, 0.2) is 0 Å². The minimum atomic E-state index is -4.29. The van der Waals surface area contributed by atoms with Gasteiger partial charge in [0, 0.05) is 12.6 Å². The Labute approximate surface area is 124 Å². The Bertz CT molecular complexity index is 308. The zero-order valence-electron chi connectivity index (χ0n) is 13.2. The maximum Gasteiger partial charge on any atom is 0.411 e. The molecule has 0 aliphatic heterocycles. The SMILES string of the molecule is CCOC(=O)C(C)(CCCCOCC(F)(F)F)NC(C)C. The molecule has 7 heteroatoms. The molecular weight excluding hydrogens is 287 g/mol. The number of ether oxygens (including phenoxy) is 2. The molecule has 0 rings (SSSR count). The van der Waals surface area contributed by atoms with E-state index >= 15 is 0 Å². The third kappa shape index (κ3) is 9.68. The van der Waals surface area contributed by atoms with E-state index in [-0.39, 0.29) is 18.6 Å². The van der Waals surface area contributed by atoms with E-state index in [4.69, 9.17) is 4.74 Å². The molecule has 0 aromatic heterocycles. The zero-order valence-corrected chi connectivity index (χ0v) is 13.2. The summed E-state index contributed by atoms with van der Waals surface area (Å²) in [5, 5.41) is 3.16. The Hall–Kier alpha value is -0.820. The van der Waals surface area contributed by atoms with Crippen LogP contribution in [-0.2, 0) is 14.3 Å². The lowest BCUT2D eigenvalue weighted by Gasteiger charge is -2.30. The molecule has 1 N–H and O–H groups in total. The van der Waals surface area contributed by atoms with Crippen LogP contribution in [0.1, 0.15) is 47.0 Å². The predicted octanol–water partition coefficient (Wildman–Crippen LogP) is 3.06. The largest absolute Gasteiger partial charge is 0.465 e. The van der Waals surface area contributed by atoms with Crippen molar-refractivity contribution in [2.24, 2.45) is 0 Å². The van der Waals surface area contributed by atoms with Crippen LogP contribution in [0, 0.1) is 0 Å². The Morgan fingerprint density at radius 1 is 1.24 bits per heavy atom. The van der Waals surface area contributed by atoms with Gasteiger partial charge in [0.05, 0.1) is 6.61 Å². The third-order valence-electron chi connectivity index (χ3n) is 2.81. The van der Waals surface area contributed by atoms with E-state index in [0.717, 1.165) is 0 Å². The van der Waals surface area contributed by atoms with Crippen molar-refractivity contribution < 1.29 is 27.4 Å². The molecule has 21 heavy (non-hydrogen) atoms. The average Bonchev–Trinajstić information content (AvgIpc) is 2.31. The minimum absolute atomic E-state index is 0.0279. The number of rotatable bonds is 10. The fraction of sp³-hybridized carbons (Fsp3) is 0.929. The molecule has 0 radical (unpaired) electrons. The summed E-state index contributed by atoms with van der Waals surface area (Å²) in [6.45, 7) is 6.42. The van der Waals surface area contributed by atoms with Crippen molar-refractivity contribution in [2.75, 3.05) is 19.8 Å². The molecule has 0 amide bonds. The van der Waals surface area contributed by atoms with Gasteiger partial charge >= 0.3 is 12.1 Å². The summed E-state index contributed by atoms with van der Waals surface area (Å²) in [7, 11) is 0. The Morgan fingerprint density at radius 2 is 1.86 bits per heavy atom. The van der Waals surface area contributed by atoms with E-state index < -0.39 is 18.3 Å². The van der Waals surface area contributed by atoms with Crippen molar-refractivity contribution in [1.29, 1.82) is 0 Å². The molecule has 0 aromatic rings. The molecule has 126 valence electrons. The molecule has 1 unspecified atom stereocenters. The average molecular weight is 313 g/mol. The first-order valence-electron chi connectivity index (χ1n) is 7.20. The van der Waals surface area contributed by atoms with E-state index in [9.17, 15) is 18.0 Å². The predicted molar refractivity (Wildman–Crippen MR) is 74.0 cm³/mol. The van der Waals surface area contributed by atoms with Crippen LogP contribution in [0.5, 0.6) is 0 Å². The van der Waals surface area contributed by atoms with Gasteiger partial charge in [0.15, 0.2) is 0 Å². The Morgan fingerprint density at radius 3 is 2.33 bits per heavy atom. The minimum Gasteiger partial charge on any atom is -0.465 e. The molecule has 0 aliphatic carbocycles. The number of alkyl halides is 3. The number of nitrogens with one attached hydrogen (secondary N) is 1. The van der Waals surface area contributed by atoms with Crippen molar-refractivity contribution in [1.82, 2.24) is 5.32 Å². The monoisotopic (exact) mass is 313 g/mol. The highest BCUT2D eigenvalue weighted by molar-refractivity contribution is 5.80. The van der Waals surface area contributed by atoms with E-state index in [1.165, 1.54) is 0 Å². The molecule has 0 saturated heterocycles. The molecule has 0 aliphatic rings. The fourth-order valence-corrected chi connectivity index (χ4v) is 2.03. The first-order valence-corrected chi connectivity index (χ1v) is 7.20. The Balaban J connectivity index is 4.16. The van der Waals surface area contributed by atoms with E-state index in [1.54, 1.807) is 13.8 Å². The van der Waals surface area contributed by atoms with Gasteiger partial charge in [0.2, 0.25) is 0 Å². The van der Waals surface area contributed by atoms with Crippen LogP contribution >= 0.6 is 0 Å². The topological polar surface area (TPSA) is 47.6 Å². The summed E-state index contributed by atoms with van der Waals surface area (Å²) in [5.74, 6) is -0.338. The summed E-state index contributed by atoms with van der Waals surface area (Å²) < 4.78 is 45.3. The summed E-state index contributed by atoms with van der Waals surface area (Å²) in [5.41, 5.74) is -0.825. The van der Waals surface area contributed by atoms with Gasteiger partial charge in [-0.1, -0.05) is 0 Å². The summed E-state index contributed by atoms with van der Waals surface area (Å²) >= 11 is 0. The molecule has 4 nitrogen and oxygen atoms in total. The van der Waals surface area contributed by atoms with E-state index in [1.807, 2.05) is 13.8 Å². The second kappa shape index (κ2) is 9.25. The first-order chi connectivity index (χ1) is 9.60. The lowest BCUT2D eigenvalue weighted by molar-refractivity contribution is -0.174. The highest BCUT2D eigenvalue weighted by Crippen LogP contribution is 2.18. The summed E-state index contributed by atoms with van der Waals surface area (Å²) in [4.78, 5) is 12.0. The molecular formula is C14H26F3NO3. The smallest absolute Gasteiger partial charge is 0.411 e. The zero-order chi connectivity index (χ0) is 16.5. The highest BCUT2D eigenvalue weighted by Gasteiger charge is 2.34.